The molecule has 0 bridgehead atoms. The van der Waals surface area contributed by atoms with Crippen LogP contribution in [0.25, 0.3) is 0 Å². The first-order valence-corrected chi connectivity index (χ1v) is 12.0. The predicted octanol–water partition coefficient (Wildman–Crippen LogP) is 2.00. The quantitative estimate of drug-likeness (QED) is 0.346. The van der Waals surface area contributed by atoms with Crippen molar-refractivity contribution in [2.75, 3.05) is 19.8 Å². The van der Waals surface area contributed by atoms with Gasteiger partial charge in [-0.1, -0.05) is 35.9 Å². The van der Waals surface area contributed by atoms with Crippen LogP contribution in [0, 0.1) is 0 Å². The van der Waals surface area contributed by atoms with Crippen LogP contribution in [0.5, 0.6) is 5.75 Å². The smallest absolute Gasteiger partial charge is 0.119 e. The Kier molecular flexibility index (Phi) is 9.53. The lowest BCUT2D eigenvalue weighted by Gasteiger charge is -2.40. The van der Waals surface area contributed by atoms with E-state index in [0.717, 1.165) is 11.1 Å². The molecule has 9 heteroatoms. The van der Waals surface area contributed by atoms with E-state index < -0.39 is 43.2 Å². The van der Waals surface area contributed by atoms with E-state index in [1.807, 2.05) is 45.0 Å². The predicted molar refractivity (Wildman–Crippen MR) is 131 cm³/mol. The number of hydrogen-bond donors (Lipinski definition) is 5. The van der Waals surface area contributed by atoms with Crippen molar-refractivity contribution in [3.05, 3.63) is 64.2 Å². The second-order valence-corrected chi connectivity index (χ2v) is 10.2. The van der Waals surface area contributed by atoms with E-state index in [4.69, 9.17) is 25.8 Å². The summed E-state index contributed by atoms with van der Waals surface area (Å²) in [5.41, 5.74) is 1.99. The molecular weight excluding hydrogens is 476 g/mol. The molecule has 0 aromatic heterocycles. The van der Waals surface area contributed by atoms with Gasteiger partial charge in [-0.05, 0) is 62.1 Å². The van der Waals surface area contributed by atoms with Crippen LogP contribution in [0.1, 0.15) is 43.6 Å². The summed E-state index contributed by atoms with van der Waals surface area (Å²) in [7, 11) is 0. The Bertz CT molecular complexity index is 943. The fourth-order valence-corrected chi connectivity index (χ4v) is 3.98. The minimum absolute atomic E-state index is 0.113. The van der Waals surface area contributed by atoms with E-state index in [0.29, 0.717) is 22.8 Å². The molecule has 8 nitrogen and oxygen atoms in total. The summed E-state index contributed by atoms with van der Waals surface area (Å²) in [5.74, 6) is 0.615. The molecular formula is C26H35ClO8. The van der Waals surface area contributed by atoms with Crippen molar-refractivity contribution in [3.8, 4) is 5.75 Å². The normalized spacial score (nSPS) is 25.9. The van der Waals surface area contributed by atoms with Crippen molar-refractivity contribution < 1.29 is 39.7 Å². The van der Waals surface area contributed by atoms with Crippen molar-refractivity contribution in [3.63, 3.8) is 0 Å². The van der Waals surface area contributed by atoms with Crippen LogP contribution >= 0.6 is 11.6 Å². The van der Waals surface area contributed by atoms with Gasteiger partial charge >= 0.3 is 0 Å². The van der Waals surface area contributed by atoms with Crippen molar-refractivity contribution in [1.29, 1.82) is 0 Å². The summed E-state index contributed by atoms with van der Waals surface area (Å²) >= 11 is 6.41. The van der Waals surface area contributed by atoms with Crippen molar-refractivity contribution >= 4 is 11.6 Å². The largest absolute Gasteiger partial charge is 0.491 e. The molecule has 35 heavy (non-hydrogen) atoms. The van der Waals surface area contributed by atoms with Crippen molar-refractivity contribution in [2.45, 2.75) is 69.4 Å². The van der Waals surface area contributed by atoms with Gasteiger partial charge in [0.25, 0.3) is 0 Å². The van der Waals surface area contributed by atoms with Gasteiger partial charge in [-0.3, -0.25) is 0 Å². The van der Waals surface area contributed by atoms with Crippen LogP contribution in [0.4, 0.5) is 0 Å². The fraction of sp³-hybridized carbons (Fsp3) is 0.538. The van der Waals surface area contributed by atoms with Gasteiger partial charge < -0.3 is 39.7 Å². The molecule has 5 N–H and O–H groups in total. The number of benzene rings is 2. The van der Waals surface area contributed by atoms with Crippen LogP contribution in [-0.2, 0) is 15.9 Å². The highest BCUT2D eigenvalue weighted by atomic mass is 35.5. The molecule has 1 aliphatic rings. The Hall–Kier alpha value is -1.75. The average molecular weight is 511 g/mol. The number of halogens is 1. The molecule has 0 spiro atoms. The number of aliphatic hydroxyl groups is 5. The van der Waals surface area contributed by atoms with E-state index in [1.165, 1.54) is 0 Å². The summed E-state index contributed by atoms with van der Waals surface area (Å²) in [6.45, 7) is 5.58. The Labute approximate surface area is 210 Å². The molecule has 0 saturated carbocycles. The van der Waals surface area contributed by atoms with Gasteiger partial charge in [0.15, 0.2) is 0 Å². The summed E-state index contributed by atoms with van der Waals surface area (Å²) in [6.07, 6.45) is -6.37. The zero-order valence-corrected chi connectivity index (χ0v) is 20.9. The molecule has 0 amide bonds. The van der Waals surface area contributed by atoms with Gasteiger partial charge in [0.1, 0.15) is 49.0 Å². The zero-order chi connectivity index (χ0) is 25.8. The number of hydrogen-bond acceptors (Lipinski definition) is 8. The molecule has 1 heterocycles. The number of aliphatic hydroxyl groups excluding tert-OH is 5. The summed E-state index contributed by atoms with van der Waals surface area (Å²) in [4.78, 5) is 0. The van der Waals surface area contributed by atoms with Gasteiger partial charge in [-0.15, -0.1) is 0 Å². The number of ether oxygens (including phenoxy) is 3. The van der Waals surface area contributed by atoms with E-state index in [-0.39, 0.29) is 18.8 Å². The minimum Gasteiger partial charge on any atom is -0.491 e. The highest BCUT2D eigenvalue weighted by Gasteiger charge is 2.44. The molecule has 194 valence electrons. The molecule has 0 aliphatic carbocycles. The van der Waals surface area contributed by atoms with Crippen LogP contribution in [-0.4, -0.2) is 81.5 Å². The third kappa shape index (κ3) is 7.62. The van der Waals surface area contributed by atoms with Crippen molar-refractivity contribution in [1.82, 2.24) is 0 Å². The van der Waals surface area contributed by atoms with Gasteiger partial charge in [-0.25, -0.2) is 0 Å². The first-order chi connectivity index (χ1) is 16.5. The fourth-order valence-electron chi connectivity index (χ4n) is 3.79. The third-order valence-electron chi connectivity index (χ3n) is 5.76. The molecule has 2 aromatic carbocycles. The van der Waals surface area contributed by atoms with Gasteiger partial charge in [0.2, 0.25) is 0 Å². The van der Waals surface area contributed by atoms with Gasteiger partial charge in [0, 0.05) is 5.02 Å². The second kappa shape index (κ2) is 12.0. The van der Waals surface area contributed by atoms with E-state index in [2.05, 4.69) is 0 Å². The van der Waals surface area contributed by atoms with Gasteiger partial charge in [0.05, 0.1) is 18.8 Å². The lowest BCUT2D eigenvalue weighted by atomic mass is 9.90. The monoisotopic (exact) mass is 510 g/mol. The molecule has 2 aromatic rings. The molecule has 1 aliphatic heterocycles. The first-order valence-electron chi connectivity index (χ1n) is 11.6. The van der Waals surface area contributed by atoms with Crippen LogP contribution < -0.4 is 4.74 Å². The third-order valence-corrected chi connectivity index (χ3v) is 6.13. The summed E-state index contributed by atoms with van der Waals surface area (Å²) < 4.78 is 16.9. The first kappa shape index (κ1) is 27.8. The topological polar surface area (TPSA) is 129 Å². The van der Waals surface area contributed by atoms with Crippen LogP contribution in [0.2, 0.25) is 5.02 Å². The average Bonchev–Trinajstić information content (AvgIpc) is 2.82. The second-order valence-electron chi connectivity index (χ2n) is 9.81. The Morgan fingerprint density at radius 2 is 1.66 bits per heavy atom. The van der Waals surface area contributed by atoms with Crippen LogP contribution in [0.3, 0.4) is 0 Å². The standard InChI is InChI=1S/C26H35ClO8/c1-26(2,3)34-14-18(29)13-33-19-7-4-15(5-8-19)10-17-11-16(6-9-20(17)27)25-24(32)23(31)22(30)21(12-28)35-25/h4-9,11,18,21-25,28-32H,10,12-14H2,1-3H3/t18-,21+,22+,23-,24+,25-/m0/s1. The molecule has 6 atom stereocenters. The Balaban J connectivity index is 1.64. The summed E-state index contributed by atoms with van der Waals surface area (Å²) in [6, 6.07) is 12.6. The molecule has 0 radical (unpaired) electrons. The highest BCUT2D eigenvalue weighted by molar-refractivity contribution is 6.31. The van der Waals surface area contributed by atoms with E-state index >= 15 is 0 Å². The molecule has 1 saturated heterocycles. The summed E-state index contributed by atoms with van der Waals surface area (Å²) in [5, 5.41) is 50.6. The maximum Gasteiger partial charge on any atom is 0.119 e. The molecule has 1 fully saturated rings. The van der Waals surface area contributed by atoms with Gasteiger partial charge in [-0.2, -0.15) is 0 Å². The Morgan fingerprint density at radius 1 is 0.971 bits per heavy atom. The van der Waals surface area contributed by atoms with Crippen LogP contribution in [0.15, 0.2) is 42.5 Å². The maximum atomic E-state index is 10.4. The minimum atomic E-state index is -1.45. The SMILES string of the molecule is CC(C)(C)OC[C@@H](O)COc1ccc(Cc2cc([C@@H]3O[C@H](CO)[C@@H](O)[C@H](O)[C@H]3O)ccc2Cl)cc1. The molecule has 0 unspecified atom stereocenters. The maximum absolute atomic E-state index is 10.4. The lowest BCUT2D eigenvalue weighted by molar-refractivity contribution is -0.231. The lowest BCUT2D eigenvalue weighted by Crippen LogP contribution is -2.55. The van der Waals surface area contributed by atoms with E-state index in [9.17, 15) is 25.5 Å². The zero-order valence-electron chi connectivity index (χ0n) is 20.2. The highest BCUT2D eigenvalue weighted by Crippen LogP contribution is 2.34. The van der Waals surface area contributed by atoms with E-state index in [1.54, 1.807) is 18.2 Å². The van der Waals surface area contributed by atoms with Crippen molar-refractivity contribution in [2.24, 2.45) is 0 Å². The Morgan fingerprint density at radius 3 is 2.29 bits per heavy atom. The number of rotatable bonds is 9. The molecule has 3 rings (SSSR count).